The van der Waals surface area contributed by atoms with E-state index < -0.39 is 33.8 Å². The molecule has 0 spiro atoms. The summed E-state index contributed by atoms with van der Waals surface area (Å²) in [5.74, 6) is -2.71. The third-order valence-electron chi connectivity index (χ3n) is 2.52. The second-order valence-corrected chi connectivity index (χ2v) is 4.07. The summed E-state index contributed by atoms with van der Waals surface area (Å²) in [6.07, 6.45) is 0. The molecule has 0 saturated heterocycles. The number of aromatic carboxylic acids is 1. The van der Waals surface area contributed by atoms with E-state index in [0.29, 0.717) is 11.6 Å². The van der Waals surface area contributed by atoms with Crippen molar-refractivity contribution in [3.8, 4) is 6.07 Å². The van der Waals surface area contributed by atoms with Crippen molar-refractivity contribution in [2.24, 2.45) is 0 Å². The van der Waals surface area contributed by atoms with Gasteiger partial charge in [0.2, 0.25) is 0 Å². The monoisotopic (exact) mass is 321 g/mol. The number of carboxylic acids is 1. The van der Waals surface area contributed by atoms with Crippen LogP contribution < -0.4 is 5.73 Å². The Hall–Kier alpha value is -3.54. The number of halogens is 2. The van der Waals surface area contributed by atoms with Crippen LogP contribution in [0.3, 0.4) is 0 Å². The van der Waals surface area contributed by atoms with E-state index >= 15 is 0 Å². The number of nitro benzene ring substituents is 1. The number of nitriles is 1. The fourth-order valence-electron chi connectivity index (χ4n) is 1.47. The molecule has 0 atom stereocenters. The zero-order chi connectivity index (χ0) is 17.6. The summed E-state index contributed by atoms with van der Waals surface area (Å²) in [5.41, 5.74) is 4.49. The lowest BCUT2D eigenvalue weighted by Crippen LogP contribution is -2.02. The summed E-state index contributed by atoms with van der Waals surface area (Å²) >= 11 is 0. The molecule has 2 aromatic rings. The average molecular weight is 321 g/mol. The van der Waals surface area contributed by atoms with Gasteiger partial charge in [-0.3, -0.25) is 10.1 Å². The number of nitro groups is 1. The molecule has 0 aromatic heterocycles. The summed E-state index contributed by atoms with van der Waals surface area (Å²) in [5, 5.41) is 27.1. The molecule has 118 valence electrons. The van der Waals surface area contributed by atoms with Gasteiger partial charge in [0.1, 0.15) is 23.3 Å². The highest BCUT2D eigenvalue weighted by Crippen LogP contribution is 2.19. The van der Waals surface area contributed by atoms with Gasteiger partial charge in [0.05, 0.1) is 22.2 Å². The third kappa shape index (κ3) is 4.75. The number of nitrogens with zero attached hydrogens (tertiary/aromatic N) is 2. The van der Waals surface area contributed by atoms with Crippen molar-refractivity contribution in [1.29, 1.82) is 5.26 Å². The van der Waals surface area contributed by atoms with Crippen LogP contribution in [0.1, 0.15) is 15.9 Å². The number of hydrogen-bond donors (Lipinski definition) is 2. The first-order valence-corrected chi connectivity index (χ1v) is 5.88. The molecule has 2 aromatic carbocycles. The number of nitrogens with two attached hydrogens (primary N) is 1. The van der Waals surface area contributed by atoms with Gasteiger partial charge in [0, 0.05) is 0 Å². The maximum Gasteiger partial charge on any atom is 0.342 e. The van der Waals surface area contributed by atoms with Crippen molar-refractivity contribution in [2.75, 3.05) is 5.73 Å². The molecular weight excluding hydrogens is 312 g/mol. The van der Waals surface area contributed by atoms with Crippen molar-refractivity contribution in [3.05, 3.63) is 69.3 Å². The highest BCUT2D eigenvalue weighted by Gasteiger charge is 2.19. The van der Waals surface area contributed by atoms with Crippen LogP contribution in [0.5, 0.6) is 0 Å². The second-order valence-electron chi connectivity index (χ2n) is 4.07. The maximum atomic E-state index is 12.5. The fourth-order valence-corrected chi connectivity index (χ4v) is 1.47. The topological polar surface area (TPSA) is 130 Å². The summed E-state index contributed by atoms with van der Waals surface area (Å²) in [6.45, 7) is 0. The lowest BCUT2D eigenvalue weighted by Gasteiger charge is -1.96. The quantitative estimate of drug-likeness (QED) is 0.497. The lowest BCUT2D eigenvalue weighted by molar-refractivity contribution is -0.385. The predicted molar refractivity (Wildman–Crippen MR) is 75.5 cm³/mol. The first-order chi connectivity index (χ1) is 10.8. The van der Waals surface area contributed by atoms with Gasteiger partial charge in [-0.1, -0.05) is 0 Å². The van der Waals surface area contributed by atoms with Crippen LogP contribution in [-0.4, -0.2) is 16.0 Å². The van der Waals surface area contributed by atoms with E-state index in [1.165, 1.54) is 12.1 Å². The average Bonchev–Trinajstić information content (AvgIpc) is 2.47. The molecule has 0 heterocycles. The number of carboxylic acid groups (broad SMARTS) is 1. The van der Waals surface area contributed by atoms with E-state index in [1.807, 2.05) is 6.07 Å². The molecule has 0 unspecified atom stereocenters. The van der Waals surface area contributed by atoms with Gasteiger partial charge in [-0.05, 0) is 30.3 Å². The molecule has 0 aliphatic carbocycles. The Morgan fingerprint density at radius 2 is 1.78 bits per heavy atom. The van der Waals surface area contributed by atoms with Gasteiger partial charge in [0.25, 0.3) is 5.69 Å². The predicted octanol–water partition coefficient (Wildman–Crippen LogP) is 2.71. The number of anilines is 1. The molecular formula is C14H9F2N3O4. The van der Waals surface area contributed by atoms with Crippen LogP contribution in [0.15, 0.2) is 36.4 Å². The van der Waals surface area contributed by atoms with Gasteiger partial charge in [-0.15, -0.1) is 0 Å². The largest absolute Gasteiger partial charge is 0.477 e. The first-order valence-electron chi connectivity index (χ1n) is 5.88. The summed E-state index contributed by atoms with van der Waals surface area (Å²) in [4.78, 5) is 19.7. The minimum absolute atomic E-state index is 0.183. The van der Waals surface area contributed by atoms with Crippen molar-refractivity contribution >= 4 is 17.3 Å². The highest BCUT2D eigenvalue weighted by atomic mass is 19.1. The van der Waals surface area contributed by atoms with E-state index in [0.717, 1.165) is 18.2 Å². The van der Waals surface area contributed by atoms with Crippen molar-refractivity contribution in [1.82, 2.24) is 0 Å². The summed E-state index contributed by atoms with van der Waals surface area (Å²) in [6, 6.07) is 7.80. The Kier molecular flexibility index (Phi) is 5.68. The van der Waals surface area contributed by atoms with Crippen LogP contribution >= 0.6 is 0 Å². The molecule has 7 nitrogen and oxygen atoms in total. The molecule has 0 radical (unpaired) electrons. The Bertz CT molecular complexity index is 803. The standard InChI is InChI=1S/C7H5FN2.C7H4FNO4/c8-6-2-1-5(4-9)7(10)3-6;8-4-1-2-5(7(10)11)6(3-4)9(12)13/h1-3H,10H2;1-3H,(H,10,11). The van der Waals surface area contributed by atoms with Crippen LogP contribution in [0, 0.1) is 33.1 Å². The minimum atomic E-state index is -1.45. The van der Waals surface area contributed by atoms with E-state index in [9.17, 15) is 23.7 Å². The number of rotatable bonds is 2. The van der Waals surface area contributed by atoms with Gasteiger partial charge >= 0.3 is 5.97 Å². The van der Waals surface area contributed by atoms with Gasteiger partial charge in [0.15, 0.2) is 0 Å². The molecule has 0 fully saturated rings. The molecule has 0 saturated carbocycles. The second kappa shape index (κ2) is 7.46. The van der Waals surface area contributed by atoms with Crippen molar-refractivity contribution in [2.45, 2.75) is 0 Å². The van der Waals surface area contributed by atoms with E-state index in [-0.39, 0.29) is 5.69 Å². The van der Waals surface area contributed by atoms with Crippen LogP contribution in [0.2, 0.25) is 0 Å². The Morgan fingerprint density at radius 1 is 1.22 bits per heavy atom. The number of benzene rings is 2. The molecule has 3 N–H and O–H groups in total. The summed E-state index contributed by atoms with van der Waals surface area (Å²) in [7, 11) is 0. The molecule has 0 amide bonds. The van der Waals surface area contributed by atoms with Crippen LogP contribution in [0.4, 0.5) is 20.2 Å². The van der Waals surface area contributed by atoms with Gasteiger partial charge in [-0.25, -0.2) is 13.6 Å². The van der Waals surface area contributed by atoms with Gasteiger partial charge < -0.3 is 10.8 Å². The molecule has 23 heavy (non-hydrogen) atoms. The van der Waals surface area contributed by atoms with Gasteiger partial charge in [-0.2, -0.15) is 5.26 Å². The number of carbonyl (C=O) groups is 1. The van der Waals surface area contributed by atoms with Crippen LogP contribution in [0.25, 0.3) is 0 Å². The normalized spacial score (nSPS) is 9.26. The zero-order valence-electron chi connectivity index (χ0n) is 11.4. The van der Waals surface area contributed by atoms with E-state index in [4.69, 9.17) is 16.1 Å². The maximum absolute atomic E-state index is 12.5. The van der Waals surface area contributed by atoms with E-state index in [1.54, 1.807) is 0 Å². The summed E-state index contributed by atoms with van der Waals surface area (Å²) < 4.78 is 24.8. The first kappa shape index (κ1) is 17.5. The molecule has 9 heteroatoms. The molecule has 2 rings (SSSR count). The zero-order valence-corrected chi connectivity index (χ0v) is 11.4. The SMILES string of the molecule is N#Cc1ccc(F)cc1N.O=C(O)c1ccc(F)cc1[N+](=O)[O-]. The molecule has 0 aliphatic heterocycles. The fraction of sp³-hybridized carbons (Fsp3) is 0. The minimum Gasteiger partial charge on any atom is -0.477 e. The molecule has 0 bridgehead atoms. The Balaban J connectivity index is 0.000000238. The van der Waals surface area contributed by atoms with E-state index in [2.05, 4.69) is 0 Å². The highest BCUT2D eigenvalue weighted by molar-refractivity contribution is 5.92. The third-order valence-corrected chi connectivity index (χ3v) is 2.52. The van der Waals surface area contributed by atoms with Crippen molar-refractivity contribution < 1.29 is 23.6 Å². The van der Waals surface area contributed by atoms with Crippen LogP contribution in [-0.2, 0) is 0 Å². The number of hydrogen-bond acceptors (Lipinski definition) is 5. The number of nitrogen functional groups attached to an aromatic ring is 1. The Labute approximate surface area is 128 Å². The Morgan fingerprint density at radius 3 is 2.26 bits per heavy atom. The lowest BCUT2D eigenvalue weighted by atomic mass is 10.2. The van der Waals surface area contributed by atoms with Crippen molar-refractivity contribution in [3.63, 3.8) is 0 Å². The molecule has 0 aliphatic rings. The smallest absolute Gasteiger partial charge is 0.342 e.